The van der Waals surface area contributed by atoms with E-state index < -0.39 is 32.5 Å². The maximum absolute atomic E-state index is 13.3. The summed E-state index contributed by atoms with van der Waals surface area (Å²) in [5.41, 5.74) is 2.71. The van der Waals surface area contributed by atoms with Gasteiger partial charge in [-0.2, -0.15) is 4.31 Å². The molecule has 8 nitrogen and oxygen atoms in total. The predicted molar refractivity (Wildman–Crippen MR) is 142 cm³/mol. The van der Waals surface area contributed by atoms with Crippen molar-refractivity contribution in [1.82, 2.24) is 14.3 Å². The molecule has 3 aromatic rings. The maximum atomic E-state index is 13.3. The lowest BCUT2D eigenvalue weighted by Crippen LogP contribution is -2.42. The Morgan fingerprint density at radius 2 is 1.31 bits per heavy atom. The second kappa shape index (κ2) is 12.1. The second-order valence-electron chi connectivity index (χ2n) is 8.27. The largest absolute Gasteiger partial charge is 0.354 e. The summed E-state index contributed by atoms with van der Waals surface area (Å²) < 4.78 is 55.7. The van der Waals surface area contributed by atoms with Crippen molar-refractivity contribution in [3.05, 3.63) is 94.0 Å². The SMILES string of the molecule is Cc1ccc(CN(CC(=O)NCCNS(=O)(=O)c2ccc(C)cc2)S(=O)(=O)c2ccc(Br)cc2)cc1. The van der Waals surface area contributed by atoms with Gasteiger partial charge < -0.3 is 5.32 Å². The van der Waals surface area contributed by atoms with Gasteiger partial charge in [-0.25, -0.2) is 21.6 Å². The number of carbonyl (C=O) groups is 1. The number of halogens is 1. The average Bonchev–Trinajstić information content (AvgIpc) is 2.83. The number of amides is 1. The summed E-state index contributed by atoms with van der Waals surface area (Å²) in [4.78, 5) is 12.9. The smallest absolute Gasteiger partial charge is 0.243 e. The molecule has 0 heterocycles. The van der Waals surface area contributed by atoms with Gasteiger partial charge in [-0.05, 0) is 55.8 Å². The number of nitrogens with one attached hydrogen (secondary N) is 2. The molecule has 0 aliphatic rings. The molecule has 192 valence electrons. The van der Waals surface area contributed by atoms with Crippen LogP contribution >= 0.6 is 15.9 Å². The van der Waals surface area contributed by atoms with Crippen LogP contribution in [0.4, 0.5) is 0 Å². The van der Waals surface area contributed by atoms with Crippen molar-refractivity contribution in [3.63, 3.8) is 0 Å². The molecule has 0 bridgehead atoms. The molecule has 3 aromatic carbocycles. The van der Waals surface area contributed by atoms with Gasteiger partial charge in [0.25, 0.3) is 0 Å². The summed E-state index contributed by atoms with van der Waals surface area (Å²) in [5.74, 6) is -0.544. The van der Waals surface area contributed by atoms with Crippen LogP contribution in [-0.2, 0) is 31.4 Å². The molecule has 0 saturated carbocycles. The van der Waals surface area contributed by atoms with Gasteiger partial charge >= 0.3 is 0 Å². The van der Waals surface area contributed by atoms with E-state index in [-0.39, 0.29) is 29.4 Å². The molecular formula is C25H28BrN3O5S2. The van der Waals surface area contributed by atoms with E-state index in [9.17, 15) is 21.6 Å². The molecule has 2 N–H and O–H groups in total. The van der Waals surface area contributed by atoms with Gasteiger partial charge in [0.1, 0.15) is 0 Å². The molecule has 0 aromatic heterocycles. The zero-order valence-corrected chi connectivity index (χ0v) is 23.2. The monoisotopic (exact) mass is 593 g/mol. The fourth-order valence-corrected chi connectivity index (χ4v) is 5.96. The van der Waals surface area contributed by atoms with Gasteiger partial charge in [0.05, 0.1) is 16.3 Å². The Bertz CT molecular complexity index is 1390. The van der Waals surface area contributed by atoms with Crippen LogP contribution in [0, 0.1) is 13.8 Å². The molecule has 0 unspecified atom stereocenters. The summed E-state index contributed by atoms with van der Waals surface area (Å²) in [7, 11) is -7.69. The molecule has 0 fully saturated rings. The second-order valence-corrected chi connectivity index (χ2v) is 12.9. The first kappa shape index (κ1) is 28.0. The summed E-state index contributed by atoms with van der Waals surface area (Å²) in [5, 5.41) is 2.59. The predicted octanol–water partition coefficient (Wildman–Crippen LogP) is 3.35. The minimum Gasteiger partial charge on any atom is -0.354 e. The molecule has 0 atom stereocenters. The number of nitrogens with zero attached hydrogens (tertiary/aromatic N) is 1. The van der Waals surface area contributed by atoms with Crippen molar-refractivity contribution in [2.24, 2.45) is 0 Å². The van der Waals surface area contributed by atoms with Gasteiger partial charge in [-0.1, -0.05) is 63.5 Å². The number of sulfonamides is 2. The van der Waals surface area contributed by atoms with Gasteiger partial charge in [-0.15, -0.1) is 0 Å². The normalized spacial score (nSPS) is 12.0. The minimum atomic E-state index is -3.97. The zero-order valence-electron chi connectivity index (χ0n) is 19.9. The van der Waals surface area contributed by atoms with Crippen LogP contribution in [-0.4, -0.2) is 46.7 Å². The lowest BCUT2D eigenvalue weighted by molar-refractivity contribution is -0.121. The first-order valence-electron chi connectivity index (χ1n) is 11.1. The highest BCUT2D eigenvalue weighted by atomic mass is 79.9. The van der Waals surface area contributed by atoms with E-state index in [1.807, 2.05) is 38.1 Å². The van der Waals surface area contributed by atoms with Gasteiger partial charge in [0.15, 0.2) is 0 Å². The van der Waals surface area contributed by atoms with Crippen molar-refractivity contribution in [1.29, 1.82) is 0 Å². The lowest BCUT2D eigenvalue weighted by Gasteiger charge is -2.22. The van der Waals surface area contributed by atoms with Crippen molar-refractivity contribution < 1.29 is 21.6 Å². The molecule has 0 saturated heterocycles. The summed E-state index contributed by atoms with van der Waals surface area (Å²) in [6.45, 7) is 3.34. The van der Waals surface area contributed by atoms with Crippen LogP contribution in [0.15, 0.2) is 87.1 Å². The molecule has 0 radical (unpaired) electrons. The summed E-state index contributed by atoms with van der Waals surface area (Å²) in [6, 6.07) is 20.0. The molecule has 11 heteroatoms. The van der Waals surface area contributed by atoms with Crippen LogP contribution in [0.5, 0.6) is 0 Å². The average molecular weight is 595 g/mol. The van der Waals surface area contributed by atoms with Crippen LogP contribution in [0.25, 0.3) is 0 Å². The highest BCUT2D eigenvalue weighted by Gasteiger charge is 2.27. The van der Waals surface area contributed by atoms with Crippen LogP contribution in [0.2, 0.25) is 0 Å². The van der Waals surface area contributed by atoms with Crippen LogP contribution in [0.3, 0.4) is 0 Å². The Hall–Kier alpha value is -2.57. The zero-order chi connectivity index (χ0) is 26.3. The van der Waals surface area contributed by atoms with E-state index in [1.165, 1.54) is 24.3 Å². The van der Waals surface area contributed by atoms with E-state index in [1.54, 1.807) is 24.3 Å². The third-order valence-corrected chi connectivity index (χ3v) is 9.13. The standard InChI is InChI=1S/C25H28BrN3O5S2/c1-19-3-7-21(8-4-19)17-29(36(33,34)24-13-9-22(26)10-14-24)18-25(30)27-15-16-28-35(31,32)23-11-5-20(2)6-12-23/h3-14,28H,15-18H2,1-2H3,(H,27,30). The fraction of sp³-hybridized carbons (Fsp3) is 0.240. The molecule has 36 heavy (non-hydrogen) atoms. The van der Waals surface area contributed by atoms with Crippen molar-refractivity contribution >= 4 is 41.9 Å². The molecule has 1 amide bonds. The minimum absolute atomic E-state index is 0.000623. The lowest BCUT2D eigenvalue weighted by atomic mass is 10.1. The molecular weight excluding hydrogens is 566 g/mol. The number of rotatable bonds is 11. The van der Waals surface area contributed by atoms with Crippen LogP contribution < -0.4 is 10.0 Å². The number of carbonyl (C=O) groups excluding carboxylic acids is 1. The molecule has 0 aliphatic carbocycles. The Morgan fingerprint density at radius 1 is 0.778 bits per heavy atom. The number of hydrogen-bond donors (Lipinski definition) is 2. The molecule has 3 rings (SSSR count). The number of benzene rings is 3. The third-order valence-electron chi connectivity index (χ3n) is 5.32. The van der Waals surface area contributed by atoms with Crippen LogP contribution in [0.1, 0.15) is 16.7 Å². The van der Waals surface area contributed by atoms with Crippen molar-refractivity contribution in [2.45, 2.75) is 30.2 Å². The number of aryl methyl sites for hydroxylation is 2. The third kappa shape index (κ3) is 7.71. The van der Waals surface area contributed by atoms with E-state index in [4.69, 9.17) is 0 Å². The molecule has 0 spiro atoms. The first-order chi connectivity index (χ1) is 17.0. The molecule has 0 aliphatic heterocycles. The maximum Gasteiger partial charge on any atom is 0.243 e. The Morgan fingerprint density at radius 3 is 1.89 bits per heavy atom. The highest BCUT2D eigenvalue weighted by Crippen LogP contribution is 2.21. The Labute approximate surface area is 221 Å². The quantitative estimate of drug-likeness (QED) is 0.331. The first-order valence-corrected chi connectivity index (χ1v) is 14.8. The van der Waals surface area contributed by atoms with E-state index >= 15 is 0 Å². The van der Waals surface area contributed by atoms with Crippen molar-refractivity contribution in [3.8, 4) is 0 Å². The highest BCUT2D eigenvalue weighted by molar-refractivity contribution is 9.10. The van der Waals surface area contributed by atoms with E-state index in [0.29, 0.717) is 0 Å². The Balaban J connectivity index is 1.66. The Kier molecular flexibility index (Phi) is 9.42. The van der Waals surface area contributed by atoms with Gasteiger partial charge in [-0.3, -0.25) is 4.79 Å². The van der Waals surface area contributed by atoms with Gasteiger partial charge in [0, 0.05) is 24.1 Å². The van der Waals surface area contributed by atoms with E-state index in [2.05, 4.69) is 26.0 Å². The summed E-state index contributed by atoms with van der Waals surface area (Å²) >= 11 is 3.30. The topological polar surface area (TPSA) is 113 Å². The van der Waals surface area contributed by atoms with E-state index in [0.717, 1.165) is 25.5 Å². The fourth-order valence-electron chi connectivity index (χ4n) is 3.28. The van der Waals surface area contributed by atoms with Gasteiger partial charge in [0.2, 0.25) is 26.0 Å². The number of hydrogen-bond acceptors (Lipinski definition) is 5. The summed E-state index contributed by atoms with van der Waals surface area (Å²) in [6.07, 6.45) is 0. The van der Waals surface area contributed by atoms with Crippen molar-refractivity contribution in [2.75, 3.05) is 19.6 Å².